The van der Waals surface area contributed by atoms with Gasteiger partial charge in [-0.15, -0.1) is 0 Å². The molecular weight excluding hydrogens is 704 g/mol. The van der Waals surface area contributed by atoms with E-state index in [1.54, 1.807) is 0 Å². The van der Waals surface area contributed by atoms with E-state index in [0.29, 0.717) is 18.4 Å². The molecule has 0 bridgehead atoms. The molecule has 0 aromatic carbocycles. The SMILES string of the molecule is CCCCCCCCOP(O)(=S)SCCCCCCCC.OP(O)(=S)S.[CH2-]C(CC)CCCC.[CH2-]C(CC)CCCC.[Zn+2]. The predicted molar refractivity (Wildman–Crippen MR) is 207 cm³/mol. The van der Waals surface area contributed by atoms with Crippen molar-refractivity contribution < 1.29 is 38.7 Å². The minimum absolute atomic E-state index is 0. The standard InChI is InChI=1S/C16H35O2PS2.2C8H17.H3O2PS2.Zn/c1-3-5-7-9-11-13-15-18-19(17,20)21-16-14-12-10-8-6-4-2;2*1-4-6-7-8(3)5-2;1-3(2,4)5;/h3-16H2,1-2H3,(H,17,20);2*8H,3-7H2,1-2H3;(H3,1,2,4,5);/q;2*-1;;+2. The van der Waals surface area contributed by atoms with E-state index in [1.807, 2.05) is 0 Å². The van der Waals surface area contributed by atoms with Crippen LogP contribution in [-0.2, 0) is 47.6 Å². The molecule has 0 saturated carbocycles. The molecule has 3 atom stereocenters. The Kier molecular flexibility index (Phi) is 54.2. The first-order valence-electron chi connectivity index (χ1n) is 16.8. The van der Waals surface area contributed by atoms with Crippen LogP contribution in [0.3, 0.4) is 0 Å². The van der Waals surface area contributed by atoms with Crippen LogP contribution in [0.1, 0.15) is 170 Å². The Morgan fingerprint density at radius 2 is 0.953 bits per heavy atom. The maximum absolute atomic E-state index is 10.1. The largest absolute Gasteiger partial charge is 2.00 e. The number of thiol groups is 1. The van der Waals surface area contributed by atoms with Crippen LogP contribution in [0.4, 0.5) is 0 Å². The molecule has 0 radical (unpaired) electrons. The summed E-state index contributed by atoms with van der Waals surface area (Å²) < 4.78 is 5.53. The van der Waals surface area contributed by atoms with E-state index in [4.69, 9.17) is 26.1 Å². The topological polar surface area (TPSA) is 69.9 Å². The molecule has 4 nitrogen and oxygen atoms in total. The fourth-order valence-electron chi connectivity index (χ4n) is 3.56. The van der Waals surface area contributed by atoms with Crippen molar-refractivity contribution >= 4 is 58.6 Å². The molecule has 0 aromatic rings. The van der Waals surface area contributed by atoms with E-state index in [1.165, 1.54) is 127 Å². The molecule has 0 aliphatic rings. The monoisotopic (exact) mass is 774 g/mol. The van der Waals surface area contributed by atoms with Gasteiger partial charge in [0.05, 0.1) is 6.61 Å². The summed E-state index contributed by atoms with van der Waals surface area (Å²) in [5, 5.41) is 0. The first-order valence-corrected chi connectivity index (χ1v) is 24.9. The molecule has 3 unspecified atom stereocenters. The van der Waals surface area contributed by atoms with E-state index < -0.39 is 11.4 Å². The molecule has 0 amide bonds. The van der Waals surface area contributed by atoms with Crippen LogP contribution >= 0.6 is 35.0 Å². The summed E-state index contributed by atoms with van der Waals surface area (Å²) in [6.07, 6.45) is 25.5. The van der Waals surface area contributed by atoms with Gasteiger partial charge in [0.2, 0.25) is 11.4 Å². The van der Waals surface area contributed by atoms with Crippen LogP contribution in [0.25, 0.3) is 0 Å². The molecule has 0 saturated heterocycles. The Morgan fingerprint density at radius 1 is 0.628 bits per heavy atom. The number of hydrogen-bond acceptors (Lipinski definition) is 4. The fraction of sp³-hybridized carbons (Fsp3) is 0.938. The van der Waals surface area contributed by atoms with E-state index in [-0.39, 0.29) is 19.5 Å². The van der Waals surface area contributed by atoms with E-state index in [9.17, 15) is 4.89 Å². The Hall–Kier alpha value is 2.46. The summed E-state index contributed by atoms with van der Waals surface area (Å²) in [4.78, 5) is 25.8. The smallest absolute Gasteiger partial charge is 0.340 e. The third-order valence-electron chi connectivity index (χ3n) is 6.59. The molecule has 0 aromatic heterocycles. The van der Waals surface area contributed by atoms with Crippen LogP contribution < -0.4 is 0 Å². The number of hydrogen-bond donors (Lipinski definition) is 4. The fourth-order valence-corrected chi connectivity index (χ4v) is 6.98. The van der Waals surface area contributed by atoms with E-state index >= 15 is 0 Å². The normalized spacial score (nSPS) is 13.5. The maximum atomic E-state index is 10.1. The zero-order chi connectivity index (χ0) is 33.1. The minimum Gasteiger partial charge on any atom is -0.340 e. The van der Waals surface area contributed by atoms with Crippen molar-refractivity contribution in [2.24, 2.45) is 11.8 Å². The Balaban J connectivity index is -0.000000179. The quantitative estimate of drug-likeness (QED) is 0.0256. The summed E-state index contributed by atoms with van der Waals surface area (Å²) in [5.41, 5.74) is -5.68. The molecule has 0 aliphatic heterocycles. The van der Waals surface area contributed by atoms with Gasteiger partial charge in [0.1, 0.15) is 0 Å². The van der Waals surface area contributed by atoms with Crippen molar-refractivity contribution in [1.29, 1.82) is 0 Å². The summed E-state index contributed by atoms with van der Waals surface area (Å²) in [5.74, 6) is 2.35. The van der Waals surface area contributed by atoms with Gasteiger partial charge in [-0.2, -0.15) is 11.8 Å². The molecule has 0 rings (SSSR count). The van der Waals surface area contributed by atoms with Gasteiger partial charge in [0.15, 0.2) is 0 Å². The van der Waals surface area contributed by atoms with E-state index in [0.717, 1.165) is 18.6 Å². The van der Waals surface area contributed by atoms with Crippen molar-refractivity contribution in [3.05, 3.63) is 13.8 Å². The van der Waals surface area contributed by atoms with Gasteiger partial charge >= 0.3 is 19.5 Å². The molecule has 0 spiro atoms. The molecule has 0 aliphatic carbocycles. The van der Waals surface area contributed by atoms with Gasteiger partial charge in [-0.3, -0.25) is 0 Å². The maximum Gasteiger partial charge on any atom is 2.00 e. The van der Waals surface area contributed by atoms with Crippen molar-refractivity contribution in [3.8, 4) is 0 Å². The van der Waals surface area contributed by atoms with Gasteiger partial charge in [-0.25, -0.2) is 0 Å². The molecule has 0 fully saturated rings. The molecule has 3 N–H and O–H groups in total. The molecule has 0 heterocycles. The summed E-state index contributed by atoms with van der Waals surface area (Å²) in [6.45, 7) is 21.9. The predicted octanol–water partition coefficient (Wildman–Crippen LogP) is 12.9. The summed E-state index contributed by atoms with van der Waals surface area (Å²) in [7, 11) is 0. The number of unbranched alkanes of at least 4 members (excludes halogenated alkanes) is 12. The van der Waals surface area contributed by atoms with Crippen molar-refractivity contribution in [1.82, 2.24) is 0 Å². The summed E-state index contributed by atoms with van der Waals surface area (Å²) >= 11 is 13.7. The number of rotatable bonds is 24. The van der Waals surface area contributed by atoms with Crippen LogP contribution in [0.5, 0.6) is 0 Å². The van der Waals surface area contributed by atoms with Crippen molar-refractivity contribution in [2.75, 3.05) is 12.4 Å². The van der Waals surface area contributed by atoms with Gasteiger partial charge in [-0.05, 0) is 36.5 Å². The van der Waals surface area contributed by atoms with Crippen LogP contribution in [-0.4, -0.2) is 27.0 Å². The molecule has 11 heteroatoms. The van der Waals surface area contributed by atoms with Crippen LogP contribution in [0.15, 0.2) is 0 Å². The second-order valence-electron chi connectivity index (χ2n) is 11.0. The van der Waals surface area contributed by atoms with Gasteiger partial charge in [0.25, 0.3) is 0 Å². The zero-order valence-electron chi connectivity index (χ0n) is 29.1. The second-order valence-corrected chi connectivity index (χ2v) is 22.4. The minimum atomic E-state index is -3.11. The summed E-state index contributed by atoms with van der Waals surface area (Å²) in [6, 6.07) is 0. The van der Waals surface area contributed by atoms with Crippen molar-refractivity contribution in [2.45, 2.75) is 170 Å². The zero-order valence-corrected chi connectivity index (χ0v) is 37.2. The van der Waals surface area contributed by atoms with Gasteiger partial charge in [0, 0.05) is 5.75 Å². The van der Waals surface area contributed by atoms with E-state index in [2.05, 4.69) is 79.4 Å². The van der Waals surface area contributed by atoms with Crippen molar-refractivity contribution in [3.63, 3.8) is 0 Å². The van der Waals surface area contributed by atoms with Gasteiger partial charge < -0.3 is 33.1 Å². The molecule has 43 heavy (non-hydrogen) atoms. The van der Waals surface area contributed by atoms with Crippen LogP contribution in [0, 0.1) is 25.7 Å². The molecule has 260 valence electrons. The second kappa shape index (κ2) is 42.5. The first-order chi connectivity index (χ1) is 19.7. The van der Waals surface area contributed by atoms with Crippen LogP contribution in [0.2, 0.25) is 0 Å². The average molecular weight is 777 g/mol. The molecular formula is C32H72O4P2S4Zn. The average Bonchev–Trinajstić information content (AvgIpc) is 2.93. The Morgan fingerprint density at radius 3 is 1.30 bits per heavy atom. The Labute approximate surface area is 303 Å². The third kappa shape index (κ3) is 67.5. The third-order valence-corrected chi connectivity index (χ3v) is 11.0. The van der Waals surface area contributed by atoms with Gasteiger partial charge in [-0.1, -0.05) is 181 Å². The first kappa shape index (κ1) is 54.9. The Bertz CT molecular complexity index is 557.